The summed E-state index contributed by atoms with van der Waals surface area (Å²) in [5.74, 6) is 0.568. The summed E-state index contributed by atoms with van der Waals surface area (Å²) < 4.78 is 0. The third-order valence-electron chi connectivity index (χ3n) is 6.53. The highest BCUT2D eigenvalue weighted by Gasteiger charge is 2.52. The van der Waals surface area contributed by atoms with Crippen LogP contribution in [-0.4, -0.2) is 36.6 Å². The van der Waals surface area contributed by atoms with Crippen LogP contribution in [0.15, 0.2) is 60.7 Å². The monoisotopic (exact) mass is 392 g/mol. The lowest BCUT2D eigenvalue weighted by atomic mass is 9.87. The first-order chi connectivity index (χ1) is 14.1. The van der Waals surface area contributed by atoms with Crippen molar-refractivity contribution in [2.45, 2.75) is 38.1 Å². The van der Waals surface area contributed by atoms with Gasteiger partial charge in [0.1, 0.15) is 5.54 Å². The molecular weight excluding hydrogens is 362 g/mol. The number of quaternary nitrogens is 1. The van der Waals surface area contributed by atoms with E-state index < -0.39 is 5.54 Å². The molecule has 0 unspecified atom stereocenters. The number of hydrogen-bond acceptors (Lipinski definition) is 2. The molecule has 5 heteroatoms. The first kappa shape index (κ1) is 19.6. The van der Waals surface area contributed by atoms with E-state index in [1.54, 1.807) is 0 Å². The van der Waals surface area contributed by atoms with Gasteiger partial charge in [0, 0.05) is 0 Å². The van der Waals surface area contributed by atoms with Gasteiger partial charge in [-0.25, -0.2) is 9.69 Å². The van der Waals surface area contributed by atoms with Crippen molar-refractivity contribution in [3.8, 4) is 0 Å². The largest absolute Gasteiger partial charge is 0.329 e. The SMILES string of the molecule is CC[C@@]1(c2ccccc2)NC(=O)N(C[NH+]2CCC(Cc3ccccc3)CC2)C1=O. The maximum absolute atomic E-state index is 13.3. The summed E-state index contributed by atoms with van der Waals surface area (Å²) in [5, 5.41) is 2.99. The zero-order chi connectivity index (χ0) is 20.3. The molecule has 2 aromatic rings. The average molecular weight is 393 g/mol. The Bertz CT molecular complexity index is 847. The maximum Gasteiger partial charge on any atom is 0.329 e. The number of piperidine rings is 1. The lowest BCUT2D eigenvalue weighted by Gasteiger charge is -2.31. The minimum absolute atomic E-state index is 0.116. The van der Waals surface area contributed by atoms with Crippen LogP contribution < -0.4 is 10.2 Å². The van der Waals surface area contributed by atoms with Gasteiger partial charge in [-0.1, -0.05) is 67.6 Å². The van der Waals surface area contributed by atoms with Gasteiger partial charge in [0.2, 0.25) is 0 Å². The molecule has 1 atom stereocenters. The molecule has 29 heavy (non-hydrogen) atoms. The van der Waals surface area contributed by atoms with Crippen LogP contribution in [0.1, 0.15) is 37.3 Å². The smallest absolute Gasteiger partial charge is 0.319 e. The zero-order valence-corrected chi connectivity index (χ0v) is 17.1. The van der Waals surface area contributed by atoms with E-state index in [2.05, 4.69) is 35.6 Å². The van der Waals surface area contributed by atoms with Crippen molar-refractivity contribution in [1.82, 2.24) is 10.2 Å². The van der Waals surface area contributed by atoms with Crippen molar-refractivity contribution in [3.05, 3.63) is 71.8 Å². The molecule has 3 amide bonds. The molecule has 0 bridgehead atoms. The van der Waals surface area contributed by atoms with Crippen molar-refractivity contribution in [1.29, 1.82) is 0 Å². The van der Waals surface area contributed by atoms with Crippen LogP contribution in [0.5, 0.6) is 0 Å². The van der Waals surface area contributed by atoms with E-state index in [1.165, 1.54) is 15.4 Å². The Morgan fingerprint density at radius 3 is 2.24 bits per heavy atom. The number of amides is 3. The maximum atomic E-state index is 13.3. The number of hydrogen-bond donors (Lipinski definition) is 2. The second kappa shape index (κ2) is 8.37. The Morgan fingerprint density at radius 1 is 1.00 bits per heavy atom. The van der Waals surface area contributed by atoms with Crippen LogP contribution in [-0.2, 0) is 16.8 Å². The molecule has 0 aromatic heterocycles. The number of nitrogens with one attached hydrogen (secondary N) is 2. The highest BCUT2D eigenvalue weighted by molar-refractivity contribution is 6.07. The summed E-state index contributed by atoms with van der Waals surface area (Å²) in [7, 11) is 0. The van der Waals surface area contributed by atoms with E-state index in [0.29, 0.717) is 19.0 Å². The fourth-order valence-corrected chi connectivity index (χ4v) is 4.75. The molecule has 152 valence electrons. The molecule has 4 rings (SSSR count). The van der Waals surface area contributed by atoms with Crippen LogP contribution in [0.4, 0.5) is 4.79 Å². The Hall–Kier alpha value is -2.66. The van der Waals surface area contributed by atoms with Gasteiger partial charge in [-0.2, -0.15) is 0 Å². The fourth-order valence-electron chi connectivity index (χ4n) is 4.75. The molecule has 2 saturated heterocycles. The molecule has 0 radical (unpaired) electrons. The van der Waals surface area contributed by atoms with Crippen molar-refractivity contribution in [2.24, 2.45) is 5.92 Å². The summed E-state index contributed by atoms with van der Waals surface area (Å²) in [6.07, 6.45) is 3.92. The minimum Gasteiger partial charge on any atom is -0.319 e. The van der Waals surface area contributed by atoms with E-state index in [4.69, 9.17) is 0 Å². The number of urea groups is 1. The lowest BCUT2D eigenvalue weighted by Crippen LogP contribution is -3.14. The van der Waals surface area contributed by atoms with E-state index in [1.807, 2.05) is 37.3 Å². The molecule has 2 aromatic carbocycles. The predicted octanol–water partition coefficient (Wildman–Crippen LogP) is 2.34. The van der Waals surface area contributed by atoms with Crippen LogP contribution in [0.25, 0.3) is 0 Å². The number of imide groups is 1. The number of carbonyl (C=O) groups is 2. The molecule has 0 aliphatic carbocycles. The number of rotatable bonds is 6. The van der Waals surface area contributed by atoms with Crippen LogP contribution >= 0.6 is 0 Å². The summed E-state index contributed by atoms with van der Waals surface area (Å²) >= 11 is 0. The van der Waals surface area contributed by atoms with Crippen molar-refractivity contribution in [3.63, 3.8) is 0 Å². The summed E-state index contributed by atoms with van der Waals surface area (Å²) in [5.41, 5.74) is 1.33. The van der Waals surface area contributed by atoms with Crippen LogP contribution in [0.2, 0.25) is 0 Å². The van der Waals surface area contributed by atoms with Gasteiger partial charge >= 0.3 is 6.03 Å². The third kappa shape index (κ3) is 3.92. The van der Waals surface area contributed by atoms with Gasteiger partial charge in [0.25, 0.3) is 5.91 Å². The Balaban J connectivity index is 1.38. The third-order valence-corrected chi connectivity index (χ3v) is 6.53. The molecule has 5 nitrogen and oxygen atoms in total. The first-order valence-electron chi connectivity index (χ1n) is 10.7. The number of benzene rings is 2. The average Bonchev–Trinajstić information content (AvgIpc) is 3.01. The topological polar surface area (TPSA) is 53.9 Å². The molecule has 2 aliphatic rings. The second-order valence-corrected chi connectivity index (χ2v) is 8.33. The molecule has 2 fully saturated rings. The fraction of sp³-hybridized carbons (Fsp3) is 0.417. The van der Waals surface area contributed by atoms with Crippen LogP contribution in [0, 0.1) is 5.92 Å². The lowest BCUT2D eigenvalue weighted by molar-refractivity contribution is -0.913. The second-order valence-electron chi connectivity index (χ2n) is 8.33. The number of likely N-dealkylation sites (tertiary alicyclic amines) is 1. The quantitative estimate of drug-likeness (QED) is 0.742. The predicted molar refractivity (Wildman–Crippen MR) is 112 cm³/mol. The Labute approximate surface area is 172 Å². The van der Waals surface area contributed by atoms with Crippen molar-refractivity contribution in [2.75, 3.05) is 19.8 Å². The van der Waals surface area contributed by atoms with Crippen molar-refractivity contribution < 1.29 is 14.5 Å². The van der Waals surface area contributed by atoms with E-state index >= 15 is 0 Å². The highest BCUT2D eigenvalue weighted by Crippen LogP contribution is 2.31. The molecule has 2 aliphatic heterocycles. The van der Waals surface area contributed by atoms with Gasteiger partial charge < -0.3 is 10.2 Å². The number of nitrogens with zero attached hydrogens (tertiary/aromatic N) is 1. The highest BCUT2D eigenvalue weighted by atomic mass is 16.2. The van der Waals surface area contributed by atoms with Crippen LogP contribution in [0.3, 0.4) is 0 Å². The zero-order valence-electron chi connectivity index (χ0n) is 17.1. The summed E-state index contributed by atoms with van der Waals surface area (Å²) in [4.78, 5) is 28.7. The molecule has 0 spiro atoms. The minimum atomic E-state index is -0.927. The first-order valence-corrected chi connectivity index (χ1v) is 10.7. The van der Waals surface area contributed by atoms with E-state index in [0.717, 1.165) is 37.9 Å². The van der Waals surface area contributed by atoms with Gasteiger partial charge in [0.05, 0.1) is 13.1 Å². The molecule has 0 saturated carbocycles. The molecular formula is C24H30N3O2+. The molecule has 2 N–H and O–H groups in total. The normalized spacial score (nSPS) is 27.1. The van der Waals surface area contributed by atoms with Gasteiger partial charge in [0.15, 0.2) is 6.67 Å². The standard InChI is InChI=1S/C24H29N3O2/c1-2-24(21-11-7-4-8-12-21)22(28)27(23(29)25-24)18-26-15-13-20(14-16-26)17-19-9-5-3-6-10-19/h3-12,20H,2,13-18H2,1H3,(H,25,29)/p+1/t24-/m0/s1. The molecule has 2 heterocycles. The Morgan fingerprint density at radius 2 is 1.62 bits per heavy atom. The van der Waals surface area contributed by atoms with Gasteiger partial charge in [-0.3, -0.25) is 4.79 Å². The summed E-state index contributed by atoms with van der Waals surface area (Å²) in [6.45, 7) is 4.41. The van der Waals surface area contributed by atoms with Gasteiger partial charge in [-0.05, 0) is 42.7 Å². The number of carbonyl (C=O) groups excluding carboxylic acids is 2. The van der Waals surface area contributed by atoms with Gasteiger partial charge in [-0.15, -0.1) is 0 Å². The summed E-state index contributed by atoms with van der Waals surface area (Å²) in [6, 6.07) is 20.0. The Kier molecular flexibility index (Phi) is 5.67. The van der Waals surface area contributed by atoms with E-state index in [-0.39, 0.29) is 11.9 Å². The van der Waals surface area contributed by atoms with E-state index in [9.17, 15) is 9.59 Å². The van der Waals surface area contributed by atoms with Crippen molar-refractivity contribution >= 4 is 11.9 Å².